The van der Waals surface area contributed by atoms with E-state index in [1.54, 1.807) is 13.3 Å². The molecule has 3 aromatic rings. The van der Waals surface area contributed by atoms with Crippen molar-refractivity contribution in [3.8, 4) is 11.4 Å². The highest BCUT2D eigenvalue weighted by Gasteiger charge is 2.26. The standard InChI is InChI=1S/C19H20N4O/c1-24-17-9-7-14(8-10-17)12-18-21-19(15-4-2-5-15)23(22-18)16-6-3-11-20-13-16/h3,6-11,13,15H,2,4-5,12H2,1H3. The SMILES string of the molecule is COc1ccc(Cc2nc(C3CCC3)n(-c3cccnc3)n2)cc1. The molecule has 2 aromatic heterocycles. The molecule has 1 aliphatic carbocycles. The molecule has 2 heterocycles. The molecule has 1 aromatic carbocycles. The van der Waals surface area contributed by atoms with Crippen molar-refractivity contribution in [2.75, 3.05) is 7.11 Å². The van der Waals surface area contributed by atoms with Crippen molar-refractivity contribution in [3.63, 3.8) is 0 Å². The van der Waals surface area contributed by atoms with Gasteiger partial charge in [0.15, 0.2) is 5.82 Å². The topological polar surface area (TPSA) is 52.8 Å². The van der Waals surface area contributed by atoms with Crippen LogP contribution in [0.25, 0.3) is 5.69 Å². The van der Waals surface area contributed by atoms with Crippen LogP contribution in [-0.2, 0) is 6.42 Å². The summed E-state index contributed by atoms with van der Waals surface area (Å²) in [7, 11) is 1.68. The van der Waals surface area contributed by atoms with E-state index in [0.717, 1.165) is 29.5 Å². The smallest absolute Gasteiger partial charge is 0.155 e. The Morgan fingerprint density at radius 1 is 1.17 bits per heavy atom. The van der Waals surface area contributed by atoms with Gasteiger partial charge in [-0.1, -0.05) is 18.6 Å². The van der Waals surface area contributed by atoms with Crippen molar-refractivity contribution < 1.29 is 4.74 Å². The predicted octanol–water partition coefficient (Wildman–Crippen LogP) is 3.53. The summed E-state index contributed by atoms with van der Waals surface area (Å²) in [5, 5.41) is 4.76. The summed E-state index contributed by atoms with van der Waals surface area (Å²) in [4.78, 5) is 9.05. The minimum atomic E-state index is 0.516. The van der Waals surface area contributed by atoms with Crippen molar-refractivity contribution >= 4 is 0 Å². The quantitative estimate of drug-likeness (QED) is 0.721. The normalized spacial score (nSPS) is 14.4. The van der Waals surface area contributed by atoms with Crippen LogP contribution in [-0.4, -0.2) is 26.9 Å². The molecule has 0 radical (unpaired) electrons. The van der Waals surface area contributed by atoms with Crippen molar-refractivity contribution in [2.24, 2.45) is 0 Å². The first-order chi connectivity index (χ1) is 11.8. The lowest BCUT2D eigenvalue weighted by molar-refractivity contribution is 0.394. The van der Waals surface area contributed by atoms with Crippen molar-refractivity contribution in [2.45, 2.75) is 31.6 Å². The number of ether oxygens (including phenoxy) is 1. The molecule has 0 amide bonds. The molecule has 0 bridgehead atoms. The second kappa shape index (κ2) is 6.43. The van der Waals surface area contributed by atoms with Crippen LogP contribution >= 0.6 is 0 Å². The number of aromatic nitrogens is 4. The number of rotatable bonds is 5. The van der Waals surface area contributed by atoms with Crippen LogP contribution in [0, 0.1) is 0 Å². The molecule has 0 atom stereocenters. The minimum Gasteiger partial charge on any atom is -0.497 e. The zero-order valence-corrected chi connectivity index (χ0v) is 13.7. The lowest BCUT2D eigenvalue weighted by Gasteiger charge is -2.24. The Hall–Kier alpha value is -2.69. The third-order valence-corrected chi connectivity index (χ3v) is 4.56. The maximum Gasteiger partial charge on any atom is 0.155 e. The summed E-state index contributed by atoms with van der Waals surface area (Å²) in [6, 6.07) is 12.0. The molecular formula is C19H20N4O. The third-order valence-electron chi connectivity index (χ3n) is 4.56. The molecule has 24 heavy (non-hydrogen) atoms. The number of hydrogen-bond acceptors (Lipinski definition) is 4. The molecule has 1 fully saturated rings. The Morgan fingerprint density at radius 2 is 2.00 bits per heavy atom. The summed E-state index contributed by atoms with van der Waals surface area (Å²) in [5.74, 6) is 3.30. The Kier molecular flexibility index (Phi) is 3.99. The second-order valence-corrected chi connectivity index (χ2v) is 6.16. The maximum absolute atomic E-state index is 5.21. The number of hydrogen-bond donors (Lipinski definition) is 0. The van der Waals surface area contributed by atoms with E-state index in [1.807, 2.05) is 35.1 Å². The van der Waals surface area contributed by atoms with E-state index in [0.29, 0.717) is 5.92 Å². The monoisotopic (exact) mass is 320 g/mol. The lowest BCUT2D eigenvalue weighted by atomic mass is 9.85. The zero-order valence-electron chi connectivity index (χ0n) is 13.7. The van der Waals surface area contributed by atoms with Gasteiger partial charge in [-0.15, -0.1) is 0 Å². The van der Waals surface area contributed by atoms with Crippen LogP contribution in [0.4, 0.5) is 0 Å². The fourth-order valence-corrected chi connectivity index (χ4v) is 2.97. The number of nitrogens with zero attached hydrogens (tertiary/aromatic N) is 4. The van der Waals surface area contributed by atoms with E-state index in [9.17, 15) is 0 Å². The summed E-state index contributed by atoms with van der Waals surface area (Å²) < 4.78 is 7.18. The number of pyridine rings is 1. The molecule has 1 aliphatic rings. The van der Waals surface area contributed by atoms with Crippen LogP contribution in [0.3, 0.4) is 0 Å². The Labute approximate surface area is 141 Å². The molecule has 1 saturated carbocycles. The highest BCUT2D eigenvalue weighted by molar-refractivity contribution is 5.31. The molecule has 0 aliphatic heterocycles. The van der Waals surface area contributed by atoms with Gasteiger partial charge in [0, 0.05) is 18.5 Å². The van der Waals surface area contributed by atoms with Gasteiger partial charge >= 0.3 is 0 Å². The Balaban J connectivity index is 1.64. The largest absolute Gasteiger partial charge is 0.497 e. The van der Waals surface area contributed by atoms with Gasteiger partial charge < -0.3 is 4.74 Å². The van der Waals surface area contributed by atoms with Crippen LogP contribution < -0.4 is 4.74 Å². The van der Waals surface area contributed by atoms with E-state index >= 15 is 0 Å². The molecule has 5 nitrogen and oxygen atoms in total. The third kappa shape index (κ3) is 2.89. The van der Waals surface area contributed by atoms with Crippen LogP contribution in [0.1, 0.15) is 42.4 Å². The van der Waals surface area contributed by atoms with E-state index in [2.05, 4.69) is 17.1 Å². The van der Waals surface area contributed by atoms with Crippen molar-refractivity contribution in [3.05, 3.63) is 66.0 Å². The first kappa shape index (κ1) is 14.9. The predicted molar refractivity (Wildman–Crippen MR) is 91.5 cm³/mol. The average molecular weight is 320 g/mol. The van der Waals surface area contributed by atoms with E-state index in [1.165, 1.54) is 24.8 Å². The zero-order chi connectivity index (χ0) is 16.4. The van der Waals surface area contributed by atoms with Gasteiger partial charge in [0.1, 0.15) is 11.6 Å². The number of methoxy groups -OCH3 is 1. The van der Waals surface area contributed by atoms with E-state index < -0.39 is 0 Å². The first-order valence-corrected chi connectivity index (χ1v) is 8.32. The van der Waals surface area contributed by atoms with Gasteiger partial charge in [0.2, 0.25) is 0 Å². The lowest BCUT2D eigenvalue weighted by Crippen LogP contribution is -2.15. The van der Waals surface area contributed by atoms with Crippen LogP contribution in [0.15, 0.2) is 48.8 Å². The molecule has 0 spiro atoms. The highest BCUT2D eigenvalue weighted by atomic mass is 16.5. The first-order valence-electron chi connectivity index (χ1n) is 8.32. The fourth-order valence-electron chi connectivity index (χ4n) is 2.97. The van der Waals surface area contributed by atoms with E-state index in [-0.39, 0.29) is 0 Å². The maximum atomic E-state index is 5.21. The second-order valence-electron chi connectivity index (χ2n) is 6.16. The van der Waals surface area contributed by atoms with Gasteiger partial charge in [0.25, 0.3) is 0 Å². The molecule has 0 N–H and O–H groups in total. The summed E-state index contributed by atoms with van der Waals surface area (Å²) in [6.07, 6.45) is 8.01. The van der Waals surface area contributed by atoms with Gasteiger partial charge in [-0.3, -0.25) is 4.98 Å². The van der Waals surface area contributed by atoms with Gasteiger partial charge in [-0.2, -0.15) is 5.10 Å². The van der Waals surface area contributed by atoms with Gasteiger partial charge in [-0.05, 0) is 42.7 Å². The van der Waals surface area contributed by atoms with E-state index in [4.69, 9.17) is 14.8 Å². The average Bonchev–Trinajstić information content (AvgIpc) is 2.98. The fraction of sp³-hybridized carbons (Fsp3) is 0.316. The number of benzene rings is 1. The van der Waals surface area contributed by atoms with Gasteiger partial charge in [0.05, 0.1) is 19.0 Å². The minimum absolute atomic E-state index is 0.516. The molecule has 0 unspecified atom stereocenters. The molecule has 4 rings (SSSR count). The van der Waals surface area contributed by atoms with Crippen LogP contribution in [0.2, 0.25) is 0 Å². The Morgan fingerprint density at radius 3 is 2.62 bits per heavy atom. The molecule has 0 saturated heterocycles. The van der Waals surface area contributed by atoms with Crippen LogP contribution in [0.5, 0.6) is 5.75 Å². The molecule has 122 valence electrons. The molecule has 5 heteroatoms. The molecular weight excluding hydrogens is 300 g/mol. The summed E-state index contributed by atoms with van der Waals surface area (Å²) >= 11 is 0. The Bertz CT molecular complexity index is 807. The van der Waals surface area contributed by atoms with Crippen molar-refractivity contribution in [1.82, 2.24) is 19.7 Å². The van der Waals surface area contributed by atoms with Gasteiger partial charge in [-0.25, -0.2) is 9.67 Å². The summed E-state index contributed by atoms with van der Waals surface area (Å²) in [6.45, 7) is 0. The highest BCUT2D eigenvalue weighted by Crippen LogP contribution is 2.36. The van der Waals surface area contributed by atoms with Crippen molar-refractivity contribution in [1.29, 1.82) is 0 Å². The summed E-state index contributed by atoms with van der Waals surface area (Å²) in [5.41, 5.74) is 2.16.